The molecule has 1 aromatic heterocycles. The zero-order valence-electron chi connectivity index (χ0n) is 7.90. The van der Waals surface area contributed by atoms with Gasteiger partial charge < -0.3 is 14.8 Å². The Bertz CT molecular complexity index is 406. The first-order valence-electron chi connectivity index (χ1n) is 3.80. The largest absolute Gasteiger partial charge is 1.00 e. The standard InChI is InChI=1S/C7H5N2O4S.Rb/c10-6-4-3-5(9(11)12)14-7(4)13-2-1-8-6;/h1-2H2,(H,8,10);/q-1;+1. The van der Waals surface area contributed by atoms with Crippen LogP contribution in [0.1, 0.15) is 10.4 Å². The molecule has 15 heavy (non-hydrogen) atoms. The molecule has 0 saturated carbocycles. The first-order valence-corrected chi connectivity index (χ1v) is 4.61. The van der Waals surface area contributed by atoms with E-state index >= 15 is 0 Å². The predicted octanol–water partition coefficient (Wildman–Crippen LogP) is -2.42. The molecule has 1 aliphatic heterocycles. The summed E-state index contributed by atoms with van der Waals surface area (Å²) in [6.45, 7) is 0.728. The Morgan fingerprint density at radius 1 is 1.60 bits per heavy atom. The monoisotopic (exact) mass is 298 g/mol. The third kappa shape index (κ3) is 2.85. The molecule has 2 rings (SSSR count). The van der Waals surface area contributed by atoms with Crippen LogP contribution in [0.5, 0.6) is 5.06 Å². The van der Waals surface area contributed by atoms with E-state index in [1.807, 2.05) is 0 Å². The van der Waals surface area contributed by atoms with Crippen molar-refractivity contribution in [2.75, 3.05) is 13.2 Å². The fourth-order valence-corrected chi connectivity index (χ4v) is 1.84. The van der Waals surface area contributed by atoms with Crippen LogP contribution in [-0.2, 0) is 0 Å². The summed E-state index contributed by atoms with van der Waals surface area (Å²) in [5.41, 5.74) is 0.124. The topological polar surface area (TPSA) is 81.5 Å². The van der Waals surface area contributed by atoms with E-state index in [0.29, 0.717) is 13.2 Å². The fourth-order valence-electron chi connectivity index (χ4n) is 1.05. The van der Waals surface area contributed by atoms with E-state index in [0.717, 1.165) is 11.3 Å². The van der Waals surface area contributed by atoms with Gasteiger partial charge in [-0.3, -0.25) is 10.1 Å². The molecule has 1 N–H and O–H groups in total. The van der Waals surface area contributed by atoms with E-state index < -0.39 is 4.92 Å². The maximum absolute atomic E-state index is 11.3. The number of rotatable bonds is 1. The second kappa shape index (κ2) is 5.49. The van der Waals surface area contributed by atoms with Gasteiger partial charge in [-0.1, -0.05) is 11.6 Å². The zero-order valence-corrected chi connectivity index (χ0v) is 13.6. The van der Waals surface area contributed by atoms with Crippen LogP contribution in [0.25, 0.3) is 0 Å². The van der Waals surface area contributed by atoms with Gasteiger partial charge in [0.2, 0.25) is 0 Å². The number of carbonyl (C=O) groups is 1. The maximum atomic E-state index is 11.3. The van der Waals surface area contributed by atoms with E-state index in [4.69, 9.17) is 4.74 Å². The smallest absolute Gasteiger partial charge is 0.539 e. The van der Waals surface area contributed by atoms with Gasteiger partial charge in [-0.25, -0.2) is 0 Å². The molecular formula is C7H5N2O4RbS. The zero-order chi connectivity index (χ0) is 10.1. The summed E-state index contributed by atoms with van der Waals surface area (Å²) < 4.78 is 5.15. The Kier molecular flexibility index (Phi) is 4.84. The van der Waals surface area contributed by atoms with Crippen molar-refractivity contribution < 1.29 is 72.6 Å². The molecule has 0 atom stereocenters. The molecule has 1 amide bonds. The van der Waals surface area contributed by atoms with Crippen LogP contribution < -0.4 is 68.2 Å². The summed E-state index contributed by atoms with van der Waals surface area (Å²) in [5.74, 6) is -0.373. The Labute approximate surface area is 138 Å². The van der Waals surface area contributed by atoms with Crippen LogP contribution in [0.4, 0.5) is 5.00 Å². The Hall–Kier alpha value is 0.175. The quantitative estimate of drug-likeness (QED) is 0.355. The van der Waals surface area contributed by atoms with Gasteiger partial charge >= 0.3 is 58.2 Å². The molecule has 0 radical (unpaired) electrons. The average Bonchev–Trinajstić information content (AvgIpc) is 2.49. The van der Waals surface area contributed by atoms with Crippen LogP contribution in [0, 0.1) is 16.2 Å². The number of nitrogens with zero attached hydrogens (tertiary/aromatic N) is 1. The van der Waals surface area contributed by atoms with Crippen LogP contribution in [0.15, 0.2) is 0 Å². The number of fused-ring (bicyclic) bond motifs is 1. The van der Waals surface area contributed by atoms with Gasteiger partial charge in [0.1, 0.15) is 5.91 Å². The number of nitrogens with one attached hydrogen (secondary N) is 1. The van der Waals surface area contributed by atoms with Crippen molar-refractivity contribution in [3.05, 3.63) is 21.7 Å². The first-order chi connectivity index (χ1) is 6.68. The first kappa shape index (κ1) is 13.2. The molecule has 0 saturated heterocycles. The van der Waals surface area contributed by atoms with E-state index in [2.05, 4.69) is 11.4 Å². The van der Waals surface area contributed by atoms with Crippen molar-refractivity contribution >= 4 is 22.2 Å². The van der Waals surface area contributed by atoms with Crippen molar-refractivity contribution in [2.24, 2.45) is 0 Å². The Morgan fingerprint density at radius 3 is 3.00 bits per heavy atom. The summed E-state index contributed by atoms with van der Waals surface area (Å²) in [6, 6.07) is 2.41. The SMILES string of the molecule is O=C1NCCOc2sc([N+](=O)[O-])[c-]c21.[Rb+]. The molecule has 1 aliphatic rings. The molecule has 0 unspecified atom stereocenters. The molecule has 6 nitrogen and oxygen atoms in total. The number of carbonyl (C=O) groups excluding carboxylic acids is 1. The summed E-state index contributed by atoms with van der Waals surface area (Å²) in [6.07, 6.45) is 0. The molecule has 0 aromatic carbocycles. The van der Waals surface area contributed by atoms with E-state index in [1.165, 1.54) is 0 Å². The number of amides is 1. The molecule has 0 spiro atoms. The minimum atomic E-state index is -0.587. The number of thiophene rings is 1. The van der Waals surface area contributed by atoms with Crippen molar-refractivity contribution in [2.45, 2.75) is 0 Å². The third-order valence-corrected chi connectivity index (χ3v) is 2.59. The molecule has 74 valence electrons. The third-order valence-electron chi connectivity index (χ3n) is 1.64. The molecule has 0 bridgehead atoms. The second-order valence-electron chi connectivity index (χ2n) is 2.56. The van der Waals surface area contributed by atoms with Gasteiger partial charge in [0.25, 0.3) is 5.00 Å². The van der Waals surface area contributed by atoms with Crippen LogP contribution in [-0.4, -0.2) is 24.0 Å². The minimum absolute atomic E-state index is 0. The van der Waals surface area contributed by atoms with Gasteiger partial charge in [-0.2, -0.15) is 0 Å². The molecule has 1 aromatic rings. The van der Waals surface area contributed by atoms with Gasteiger partial charge in [-0.15, -0.1) is 11.3 Å². The van der Waals surface area contributed by atoms with Gasteiger partial charge in [0.15, 0.2) is 0 Å². The van der Waals surface area contributed by atoms with Gasteiger partial charge in [0, 0.05) is 6.54 Å². The van der Waals surface area contributed by atoms with Crippen molar-refractivity contribution in [3.63, 3.8) is 0 Å². The molecule has 0 fully saturated rings. The van der Waals surface area contributed by atoms with Crippen LogP contribution in [0.3, 0.4) is 0 Å². The fraction of sp³-hybridized carbons (Fsp3) is 0.286. The summed E-state index contributed by atoms with van der Waals surface area (Å²) in [5, 5.41) is 13.0. The van der Waals surface area contributed by atoms with Crippen LogP contribution in [0.2, 0.25) is 0 Å². The molecular weight excluding hydrogens is 294 g/mol. The van der Waals surface area contributed by atoms with Crippen LogP contribution >= 0.6 is 11.3 Å². The molecule has 0 aliphatic carbocycles. The van der Waals surface area contributed by atoms with Gasteiger partial charge in [0.05, 0.1) is 16.6 Å². The minimum Gasteiger partial charge on any atom is -0.539 e. The Balaban J connectivity index is 0.00000112. The van der Waals surface area contributed by atoms with E-state index in [9.17, 15) is 14.9 Å². The second-order valence-corrected chi connectivity index (χ2v) is 3.52. The summed E-state index contributed by atoms with van der Waals surface area (Å²) in [4.78, 5) is 21.1. The Morgan fingerprint density at radius 2 is 2.33 bits per heavy atom. The molecule has 8 heteroatoms. The number of hydrogen-bond acceptors (Lipinski definition) is 5. The summed E-state index contributed by atoms with van der Waals surface area (Å²) in [7, 11) is 0. The average molecular weight is 299 g/mol. The summed E-state index contributed by atoms with van der Waals surface area (Å²) >= 11 is 0.823. The van der Waals surface area contributed by atoms with Crippen molar-refractivity contribution in [3.8, 4) is 5.06 Å². The van der Waals surface area contributed by atoms with Crippen molar-refractivity contribution in [1.82, 2.24) is 5.32 Å². The number of nitro groups is 1. The maximum Gasteiger partial charge on any atom is 1.00 e. The molecule has 2 heterocycles. The number of ether oxygens (including phenoxy) is 1. The van der Waals surface area contributed by atoms with Crippen molar-refractivity contribution in [1.29, 1.82) is 0 Å². The van der Waals surface area contributed by atoms with E-state index in [1.54, 1.807) is 0 Å². The van der Waals surface area contributed by atoms with Gasteiger partial charge in [-0.05, 0) is 0 Å². The predicted molar refractivity (Wildman–Crippen MR) is 47.6 cm³/mol. The number of hydrogen-bond donors (Lipinski definition) is 1. The van der Waals surface area contributed by atoms with E-state index in [-0.39, 0.29) is 79.7 Å². The normalized spacial score (nSPS) is 14.0.